The van der Waals surface area contributed by atoms with Crippen LogP contribution in [0.15, 0.2) is 91.3 Å². The molecule has 3 heterocycles. The highest BCUT2D eigenvalue weighted by molar-refractivity contribution is 6.00. The van der Waals surface area contributed by atoms with Gasteiger partial charge >= 0.3 is 5.97 Å². The molecule has 0 aliphatic heterocycles. The maximum atomic E-state index is 13.3. The molecular formula is C29H27N7O3. The van der Waals surface area contributed by atoms with E-state index in [-0.39, 0.29) is 6.54 Å². The summed E-state index contributed by atoms with van der Waals surface area (Å²) in [7, 11) is 3.06. The number of nitrogens with zero attached hydrogens (tertiary/aromatic N) is 4. The molecule has 0 saturated heterocycles. The van der Waals surface area contributed by atoms with E-state index in [0.29, 0.717) is 17.3 Å². The third-order valence-corrected chi connectivity index (χ3v) is 6.19. The fourth-order valence-electron chi connectivity index (χ4n) is 4.24. The summed E-state index contributed by atoms with van der Waals surface area (Å²) in [5.41, 5.74) is 3.60. The number of aromatic nitrogens is 4. The van der Waals surface area contributed by atoms with E-state index in [1.54, 1.807) is 37.6 Å². The number of methoxy groups -OCH3 is 1. The van der Waals surface area contributed by atoms with Gasteiger partial charge < -0.3 is 25.3 Å². The molecule has 3 N–H and O–H groups in total. The molecule has 5 rings (SSSR count). The van der Waals surface area contributed by atoms with Crippen LogP contribution in [0, 0.1) is 0 Å². The Morgan fingerprint density at radius 1 is 0.974 bits per heavy atom. The number of carbonyl (C=O) groups is 2. The molecule has 0 fully saturated rings. The molecule has 0 radical (unpaired) electrons. The van der Waals surface area contributed by atoms with Gasteiger partial charge in [0.2, 0.25) is 5.95 Å². The molecule has 39 heavy (non-hydrogen) atoms. The standard InChI is InChI=1S/C29H27N7O3/c1-30-29-32-15-13-23(35-29)24-17-20-16-19(11-12-22(20)33-24)27(37)34-25(28(38)39-2)18-36(21-8-4-3-5-9-21)26-10-6-7-14-31-26/h3-17,25,33H,18H2,1-2H3,(H,34,37)(H,30,32,35)/t25-/m0/s1. The average molecular weight is 522 g/mol. The summed E-state index contributed by atoms with van der Waals surface area (Å²) in [6.07, 6.45) is 3.35. The smallest absolute Gasteiger partial charge is 0.330 e. The van der Waals surface area contributed by atoms with Gasteiger partial charge in [-0.05, 0) is 54.6 Å². The molecular weight excluding hydrogens is 494 g/mol. The summed E-state index contributed by atoms with van der Waals surface area (Å²) in [6, 6.07) is 23.1. The molecule has 10 nitrogen and oxygen atoms in total. The van der Waals surface area contributed by atoms with Crippen molar-refractivity contribution in [2.75, 3.05) is 30.9 Å². The largest absolute Gasteiger partial charge is 0.467 e. The zero-order valence-corrected chi connectivity index (χ0v) is 21.5. The molecule has 0 aliphatic carbocycles. The zero-order chi connectivity index (χ0) is 27.2. The van der Waals surface area contributed by atoms with Crippen LogP contribution in [0.25, 0.3) is 22.3 Å². The fraction of sp³-hybridized carbons (Fsp3) is 0.138. The maximum Gasteiger partial charge on any atom is 0.330 e. The van der Waals surface area contributed by atoms with Gasteiger partial charge in [-0.3, -0.25) is 4.79 Å². The molecule has 2 aromatic carbocycles. The number of carbonyl (C=O) groups excluding carboxylic acids is 2. The number of hydrogen-bond acceptors (Lipinski definition) is 8. The van der Waals surface area contributed by atoms with Crippen molar-refractivity contribution >= 4 is 40.2 Å². The SMILES string of the molecule is CNc1nccc(-c2cc3cc(C(=O)N[C@@H](CN(c4ccccc4)c4ccccn4)C(=O)OC)ccc3[nH]2)n1. The highest BCUT2D eigenvalue weighted by Gasteiger charge is 2.26. The molecule has 5 aromatic rings. The minimum atomic E-state index is -0.955. The second kappa shape index (κ2) is 11.4. The number of rotatable bonds is 9. The quantitative estimate of drug-likeness (QED) is 0.247. The maximum absolute atomic E-state index is 13.3. The van der Waals surface area contributed by atoms with Gasteiger partial charge in [-0.2, -0.15) is 0 Å². The van der Waals surface area contributed by atoms with Crippen LogP contribution in [0.3, 0.4) is 0 Å². The first-order valence-corrected chi connectivity index (χ1v) is 12.3. The lowest BCUT2D eigenvalue weighted by molar-refractivity contribution is -0.142. The summed E-state index contributed by atoms with van der Waals surface area (Å²) < 4.78 is 5.04. The number of H-pyrrole nitrogens is 1. The highest BCUT2D eigenvalue weighted by atomic mass is 16.5. The van der Waals surface area contributed by atoms with Crippen molar-refractivity contribution in [3.63, 3.8) is 0 Å². The number of anilines is 3. The number of ether oxygens (including phenoxy) is 1. The number of amides is 1. The first-order valence-electron chi connectivity index (χ1n) is 12.3. The van der Waals surface area contributed by atoms with Gasteiger partial charge in [-0.15, -0.1) is 0 Å². The second-order valence-corrected chi connectivity index (χ2v) is 8.68. The zero-order valence-electron chi connectivity index (χ0n) is 21.5. The van der Waals surface area contributed by atoms with E-state index in [1.165, 1.54) is 7.11 Å². The third kappa shape index (κ3) is 5.69. The number of fused-ring (bicyclic) bond motifs is 1. The first kappa shape index (κ1) is 25.4. The van der Waals surface area contributed by atoms with Crippen LogP contribution in [-0.4, -0.2) is 58.6 Å². The number of para-hydroxylation sites is 1. The Hall–Kier alpha value is -5.25. The van der Waals surface area contributed by atoms with E-state index >= 15 is 0 Å². The molecule has 0 unspecified atom stereocenters. The van der Waals surface area contributed by atoms with Gasteiger partial charge in [0.1, 0.15) is 11.9 Å². The van der Waals surface area contributed by atoms with Crippen molar-refractivity contribution in [3.8, 4) is 11.4 Å². The van der Waals surface area contributed by atoms with Crippen LogP contribution in [0.2, 0.25) is 0 Å². The van der Waals surface area contributed by atoms with Gasteiger partial charge in [-0.25, -0.2) is 19.7 Å². The van der Waals surface area contributed by atoms with E-state index < -0.39 is 17.9 Å². The summed E-state index contributed by atoms with van der Waals surface area (Å²) in [4.78, 5) is 44.4. The Morgan fingerprint density at radius 2 is 1.79 bits per heavy atom. The lowest BCUT2D eigenvalue weighted by Crippen LogP contribution is -2.48. The van der Waals surface area contributed by atoms with Gasteiger partial charge in [0.15, 0.2) is 0 Å². The van der Waals surface area contributed by atoms with E-state index in [2.05, 4.69) is 30.6 Å². The van der Waals surface area contributed by atoms with Crippen LogP contribution in [0.1, 0.15) is 10.4 Å². The predicted molar refractivity (Wildman–Crippen MR) is 150 cm³/mol. The third-order valence-electron chi connectivity index (χ3n) is 6.19. The first-order chi connectivity index (χ1) is 19.1. The van der Waals surface area contributed by atoms with Crippen molar-refractivity contribution in [2.24, 2.45) is 0 Å². The molecule has 1 amide bonds. The van der Waals surface area contributed by atoms with E-state index in [0.717, 1.165) is 28.0 Å². The Labute approximate surface area is 225 Å². The Balaban J connectivity index is 1.40. The molecule has 0 spiro atoms. The Bertz CT molecular complexity index is 1550. The van der Waals surface area contributed by atoms with Gasteiger partial charge in [0, 0.05) is 41.6 Å². The number of hydrogen-bond donors (Lipinski definition) is 3. The molecule has 196 valence electrons. The number of pyridine rings is 1. The molecule has 1 atom stereocenters. The minimum Gasteiger partial charge on any atom is -0.467 e. The lowest BCUT2D eigenvalue weighted by Gasteiger charge is -2.28. The van der Waals surface area contributed by atoms with Crippen LogP contribution in [-0.2, 0) is 9.53 Å². The minimum absolute atomic E-state index is 0.123. The number of benzene rings is 2. The molecule has 0 saturated carbocycles. The van der Waals surface area contributed by atoms with Crippen molar-refractivity contribution in [1.82, 2.24) is 25.3 Å². The molecule has 0 bridgehead atoms. The van der Waals surface area contributed by atoms with Crippen molar-refractivity contribution < 1.29 is 14.3 Å². The van der Waals surface area contributed by atoms with E-state index in [1.807, 2.05) is 65.6 Å². The molecule has 0 aliphatic rings. The number of nitrogens with one attached hydrogen (secondary N) is 3. The average Bonchev–Trinajstić information content (AvgIpc) is 3.43. The van der Waals surface area contributed by atoms with Crippen LogP contribution in [0.4, 0.5) is 17.5 Å². The van der Waals surface area contributed by atoms with Crippen molar-refractivity contribution in [1.29, 1.82) is 0 Å². The molecule has 10 heteroatoms. The highest BCUT2D eigenvalue weighted by Crippen LogP contribution is 2.25. The Morgan fingerprint density at radius 3 is 2.54 bits per heavy atom. The number of esters is 1. The topological polar surface area (TPSA) is 125 Å². The monoisotopic (exact) mass is 521 g/mol. The summed E-state index contributed by atoms with van der Waals surface area (Å²) in [5, 5.41) is 6.61. The predicted octanol–water partition coefficient (Wildman–Crippen LogP) is 4.17. The summed E-state index contributed by atoms with van der Waals surface area (Å²) >= 11 is 0. The van der Waals surface area contributed by atoms with Gasteiger partial charge in [-0.1, -0.05) is 24.3 Å². The summed E-state index contributed by atoms with van der Waals surface area (Å²) in [5.74, 6) is 0.188. The van der Waals surface area contributed by atoms with Crippen molar-refractivity contribution in [2.45, 2.75) is 6.04 Å². The van der Waals surface area contributed by atoms with Gasteiger partial charge in [0.25, 0.3) is 5.91 Å². The van der Waals surface area contributed by atoms with Gasteiger partial charge in [0.05, 0.1) is 25.0 Å². The summed E-state index contributed by atoms with van der Waals surface area (Å²) in [6.45, 7) is 0.123. The van der Waals surface area contributed by atoms with E-state index in [9.17, 15) is 9.59 Å². The van der Waals surface area contributed by atoms with Crippen LogP contribution in [0.5, 0.6) is 0 Å². The van der Waals surface area contributed by atoms with Crippen LogP contribution < -0.4 is 15.5 Å². The number of aromatic amines is 1. The van der Waals surface area contributed by atoms with E-state index in [4.69, 9.17) is 4.74 Å². The Kier molecular flexibility index (Phi) is 7.44. The molecule has 3 aromatic heterocycles. The van der Waals surface area contributed by atoms with Crippen molar-refractivity contribution in [3.05, 3.63) is 96.8 Å². The second-order valence-electron chi connectivity index (χ2n) is 8.68. The normalized spacial score (nSPS) is 11.5. The van der Waals surface area contributed by atoms with Crippen LogP contribution >= 0.6 is 0 Å². The fourth-order valence-corrected chi connectivity index (χ4v) is 4.24. The lowest BCUT2D eigenvalue weighted by atomic mass is 10.1.